The maximum absolute atomic E-state index is 14.9. The molecule has 0 bridgehead atoms. The van der Waals surface area contributed by atoms with Gasteiger partial charge in [0.05, 0.1) is 11.6 Å². The number of hydrogen-bond acceptors (Lipinski definition) is 5. The van der Waals surface area contributed by atoms with Gasteiger partial charge in [0.2, 0.25) is 0 Å². The first kappa shape index (κ1) is 27.5. The third kappa shape index (κ3) is 7.21. The molecule has 0 amide bonds. The number of Topliss-reactive ketones (excluding diaryl/α,β-unsaturated/α-hetero) is 1. The highest BCUT2D eigenvalue weighted by atomic mass is 35.5. The van der Waals surface area contributed by atoms with Crippen LogP contribution in [0, 0.1) is 17.6 Å². The second-order valence-electron chi connectivity index (χ2n) is 9.23. The third-order valence-corrected chi connectivity index (χ3v) is 6.05. The predicted octanol–water partition coefficient (Wildman–Crippen LogP) is 6.09. The van der Waals surface area contributed by atoms with E-state index in [0.717, 1.165) is 0 Å². The minimum atomic E-state index is -0.557. The average Bonchev–Trinajstić information content (AvgIpc) is 3.12. The van der Waals surface area contributed by atoms with Crippen LogP contribution in [0.1, 0.15) is 44.4 Å². The Bertz CT molecular complexity index is 1180. The minimum absolute atomic E-state index is 0.00981. The molecule has 2 aromatic carbocycles. The van der Waals surface area contributed by atoms with Crippen molar-refractivity contribution >= 4 is 17.4 Å². The van der Waals surface area contributed by atoms with Gasteiger partial charge in [0.1, 0.15) is 18.2 Å². The summed E-state index contributed by atoms with van der Waals surface area (Å²) in [5, 5.41) is 19.4. The van der Waals surface area contributed by atoms with Gasteiger partial charge in [-0.2, -0.15) is 0 Å². The van der Waals surface area contributed by atoms with Gasteiger partial charge in [0.25, 0.3) is 0 Å². The van der Waals surface area contributed by atoms with E-state index < -0.39 is 17.7 Å². The van der Waals surface area contributed by atoms with Crippen LogP contribution in [0.3, 0.4) is 0 Å². The lowest BCUT2D eigenvalue weighted by Crippen LogP contribution is -2.33. The molecule has 194 valence electrons. The van der Waals surface area contributed by atoms with Gasteiger partial charge in [-0.05, 0) is 48.2 Å². The first-order valence-electron chi connectivity index (χ1n) is 11.7. The average molecular weight is 521 g/mol. The zero-order chi connectivity index (χ0) is 26.4. The molecule has 1 heterocycles. The summed E-state index contributed by atoms with van der Waals surface area (Å²) in [5.74, 6) is -1.10. The van der Waals surface area contributed by atoms with Crippen molar-refractivity contribution in [1.29, 1.82) is 0 Å². The number of rotatable bonds is 12. The Hall–Kier alpha value is -3.10. The fourth-order valence-electron chi connectivity index (χ4n) is 4.14. The Kier molecular flexibility index (Phi) is 9.34. The summed E-state index contributed by atoms with van der Waals surface area (Å²) in [4.78, 5) is 14.1. The highest BCUT2D eigenvalue weighted by Gasteiger charge is 2.24. The quantitative estimate of drug-likeness (QED) is 0.302. The largest absolute Gasteiger partial charge is 0.494 e. The van der Waals surface area contributed by atoms with Crippen LogP contribution < -0.4 is 4.74 Å². The second kappa shape index (κ2) is 12.2. The summed E-state index contributed by atoms with van der Waals surface area (Å²) in [5.41, 5.74) is 1.30. The molecule has 1 atom stereocenters. The summed E-state index contributed by atoms with van der Waals surface area (Å²) in [6.45, 7) is 6.68. The molecule has 2 N–H and O–H groups in total. The van der Waals surface area contributed by atoms with Gasteiger partial charge < -0.3 is 14.9 Å². The molecule has 36 heavy (non-hydrogen) atoms. The number of aromatic nitrogens is 1. The normalized spacial score (nSPS) is 12.3. The summed E-state index contributed by atoms with van der Waals surface area (Å²) < 4.78 is 35.8. The van der Waals surface area contributed by atoms with Crippen LogP contribution in [0.4, 0.5) is 8.78 Å². The molecule has 3 rings (SSSR count). The lowest BCUT2D eigenvalue weighted by atomic mass is 9.97. The van der Waals surface area contributed by atoms with E-state index in [9.17, 15) is 23.8 Å². The zero-order valence-electron chi connectivity index (χ0n) is 20.5. The number of aromatic hydroxyl groups is 2. The van der Waals surface area contributed by atoms with E-state index in [1.54, 1.807) is 12.1 Å². The molecule has 9 heteroatoms. The topological polar surface area (TPSA) is 74.9 Å². The Morgan fingerprint density at radius 1 is 1.06 bits per heavy atom. The summed E-state index contributed by atoms with van der Waals surface area (Å²) in [6, 6.07) is 11.5. The molecular formula is C27H31ClF2N2O4. The Morgan fingerprint density at radius 3 is 2.33 bits per heavy atom. The summed E-state index contributed by atoms with van der Waals surface area (Å²) >= 11 is 5.86. The van der Waals surface area contributed by atoms with Crippen LogP contribution in [-0.4, -0.2) is 38.6 Å². The van der Waals surface area contributed by atoms with E-state index in [-0.39, 0.29) is 53.8 Å². The van der Waals surface area contributed by atoms with Gasteiger partial charge in [-0.1, -0.05) is 37.6 Å². The zero-order valence-corrected chi connectivity index (χ0v) is 21.3. The fourth-order valence-corrected chi connectivity index (χ4v) is 4.25. The first-order chi connectivity index (χ1) is 17.0. The number of ether oxygens (including phenoxy) is 1. The van der Waals surface area contributed by atoms with Crippen molar-refractivity contribution in [1.82, 2.24) is 9.47 Å². The number of benzene rings is 2. The number of carbonyl (C=O) groups excluding carboxylic acids is 1. The number of hydrogen-bond donors (Lipinski definition) is 2. The van der Waals surface area contributed by atoms with E-state index in [4.69, 9.17) is 16.3 Å². The molecule has 0 aliphatic carbocycles. The van der Waals surface area contributed by atoms with Crippen molar-refractivity contribution in [3.05, 3.63) is 76.3 Å². The number of carbonyl (C=O) groups is 1. The van der Waals surface area contributed by atoms with Gasteiger partial charge in [-0.25, -0.2) is 8.78 Å². The lowest BCUT2D eigenvalue weighted by Gasteiger charge is -2.33. The van der Waals surface area contributed by atoms with Crippen LogP contribution in [0.25, 0.3) is 0 Å². The number of nitrogens with zero attached hydrogens (tertiary/aromatic N) is 2. The summed E-state index contributed by atoms with van der Waals surface area (Å²) in [6.07, 6.45) is 0.177. The van der Waals surface area contributed by atoms with Gasteiger partial charge in [-0.15, -0.1) is 0 Å². The van der Waals surface area contributed by atoms with Gasteiger partial charge in [0, 0.05) is 37.7 Å². The standard InChI is InChI=1S/C27H31ClF2N2O4/c1-17(2)15-31(24(12-18(3)33)20-5-6-21(28)22(29)14-20)16-19-4-7-25(23(30)13-19)36-11-10-32-26(34)8-9-27(32)35/h4-9,13-14,17,24,34-35H,10-12,15-16H2,1-3H3. The summed E-state index contributed by atoms with van der Waals surface area (Å²) in [7, 11) is 0. The van der Waals surface area contributed by atoms with Crippen molar-refractivity contribution in [2.24, 2.45) is 5.92 Å². The molecule has 0 radical (unpaired) electrons. The van der Waals surface area contributed by atoms with E-state index in [2.05, 4.69) is 0 Å². The second-order valence-corrected chi connectivity index (χ2v) is 9.64. The molecule has 0 saturated heterocycles. The number of halogens is 3. The van der Waals surface area contributed by atoms with Crippen molar-refractivity contribution in [2.75, 3.05) is 13.2 Å². The van der Waals surface area contributed by atoms with Crippen LogP contribution in [0.2, 0.25) is 5.02 Å². The molecule has 1 aromatic heterocycles. The third-order valence-electron chi connectivity index (χ3n) is 5.74. The maximum atomic E-state index is 14.9. The van der Waals surface area contributed by atoms with Crippen LogP contribution in [0.5, 0.6) is 17.5 Å². The van der Waals surface area contributed by atoms with Crippen molar-refractivity contribution in [3.63, 3.8) is 0 Å². The SMILES string of the molecule is CC(=O)CC(c1ccc(Cl)c(F)c1)N(Cc1ccc(OCCn2c(O)ccc2O)c(F)c1)CC(C)C. The van der Waals surface area contributed by atoms with E-state index in [1.165, 1.54) is 47.9 Å². The number of ketones is 1. The smallest absolute Gasteiger partial charge is 0.193 e. The highest BCUT2D eigenvalue weighted by molar-refractivity contribution is 6.30. The molecule has 1 unspecified atom stereocenters. The Morgan fingerprint density at radius 2 is 1.75 bits per heavy atom. The molecule has 0 fully saturated rings. The Balaban J connectivity index is 1.78. The molecule has 6 nitrogen and oxygen atoms in total. The molecular weight excluding hydrogens is 490 g/mol. The molecule has 3 aromatic rings. The molecule has 0 aliphatic rings. The minimum Gasteiger partial charge on any atom is -0.494 e. The van der Waals surface area contributed by atoms with Crippen LogP contribution >= 0.6 is 11.6 Å². The Labute approximate surface area is 214 Å². The van der Waals surface area contributed by atoms with E-state index >= 15 is 0 Å². The van der Waals surface area contributed by atoms with Crippen molar-refractivity contribution < 1.29 is 28.5 Å². The van der Waals surface area contributed by atoms with Crippen molar-refractivity contribution in [2.45, 2.75) is 46.3 Å². The molecule has 0 spiro atoms. The van der Waals surface area contributed by atoms with E-state index in [0.29, 0.717) is 24.2 Å². The monoisotopic (exact) mass is 520 g/mol. The van der Waals surface area contributed by atoms with Gasteiger partial charge >= 0.3 is 0 Å². The maximum Gasteiger partial charge on any atom is 0.193 e. The van der Waals surface area contributed by atoms with Crippen LogP contribution in [0.15, 0.2) is 48.5 Å². The molecule has 0 saturated carbocycles. The lowest BCUT2D eigenvalue weighted by molar-refractivity contribution is -0.118. The highest BCUT2D eigenvalue weighted by Crippen LogP contribution is 2.31. The van der Waals surface area contributed by atoms with Gasteiger partial charge in [0.15, 0.2) is 23.3 Å². The van der Waals surface area contributed by atoms with E-state index in [1.807, 2.05) is 18.7 Å². The van der Waals surface area contributed by atoms with Crippen molar-refractivity contribution in [3.8, 4) is 17.5 Å². The van der Waals surface area contributed by atoms with Crippen LogP contribution in [-0.2, 0) is 17.9 Å². The molecule has 0 aliphatic heterocycles. The first-order valence-corrected chi connectivity index (χ1v) is 12.1. The van der Waals surface area contributed by atoms with Gasteiger partial charge in [-0.3, -0.25) is 14.3 Å². The predicted molar refractivity (Wildman–Crippen MR) is 134 cm³/mol. The fraction of sp³-hybridized carbons (Fsp3) is 0.370.